The van der Waals surface area contributed by atoms with E-state index in [0.717, 1.165) is 11.3 Å². The molecule has 0 fully saturated rings. The first-order chi connectivity index (χ1) is 14.2. The third kappa shape index (κ3) is 4.83. The van der Waals surface area contributed by atoms with Crippen LogP contribution in [-0.4, -0.2) is 42.5 Å². The Labute approximate surface area is 166 Å². The average Bonchev–Trinajstić information content (AvgIpc) is 3.39. The van der Waals surface area contributed by atoms with Gasteiger partial charge in [-0.2, -0.15) is 5.10 Å². The van der Waals surface area contributed by atoms with Gasteiger partial charge in [0.25, 0.3) is 5.91 Å². The summed E-state index contributed by atoms with van der Waals surface area (Å²) < 4.78 is 8.83. The maximum atomic E-state index is 12.1. The lowest BCUT2D eigenvalue weighted by atomic mass is 10.1. The number of anilines is 1. The second-order valence-corrected chi connectivity index (χ2v) is 6.47. The van der Waals surface area contributed by atoms with Crippen molar-refractivity contribution in [2.45, 2.75) is 13.5 Å². The summed E-state index contributed by atoms with van der Waals surface area (Å²) in [4.78, 5) is 12.1. The number of carbonyl (C=O) groups excluding carboxylic acids is 1. The van der Waals surface area contributed by atoms with Crippen molar-refractivity contribution >= 4 is 11.7 Å². The molecule has 29 heavy (non-hydrogen) atoms. The van der Waals surface area contributed by atoms with Gasteiger partial charge in [-0.1, -0.05) is 29.8 Å². The number of nitrogens with zero attached hydrogens (tertiary/aromatic N) is 6. The molecule has 0 aliphatic heterocycles. The quantitative estimate of drug-likeness (QED) is 0.520. The van der Waals surface area contributed by atoms with Crippen molar-refractivity contribution in [3.8, 4) is 11.4 Å². The summed E-state index contributed by atoms with van der Waals surface area (Å²) in [7, 11) is 0. The van der Waals surface area contributed by atoms with E-state index in [9.17, 15) is 4.79 Å². The molecule has 2 aromatic carbocycles. The van der Waals surface area contributed by atoms with Crippen LogP contribution in [0, 0.1) is 6.92 Å². The van der Waals surface area contributed by atoms with E-state index in [2.05, 4.69) is 45.0 Å². The SMILES string of the molecule is Cc1cccc(Cn2ccc(NC(=O)COc3ccc(-n4cnnn4)cc3)n2)c1. The molecule has 0 atom stereocenters. The smallest absolute Gasteiger partial charge is 0.263 e. The van der Waals surface area contributed by atoms with Gasteiger partial charge in [-0.05, 0) is 47.2 Å². The Morgan fingerprint density at radius 3 is 2.76 bits per heavy atom. The van der Waals surface area contributed by atoms with Crippen LogP contribution in [0.5, 0.6) is 5.75 Å². The molecule has 1 amide bonds. The van der Waals surface area contributed by atoms with Gasteiger partial charge in [0.15, 0.2) is 12.4 Å². The number of ether oxygens (including phenoxy) is 1. The van der Waals surface area contributed by atoms with Crippen LogP contribution in [0.25, 0.3) is 5.69 Å². The second-order valence-electron chi connectivity index (χ2n) is 6.47. The molecule has 0 spiro atoms. The number of hydrogen-bond acceptors (Lipinski definition) is 6. The summed E-state index contributed by atoms with van der Waals surface area (Å²) in [6.07, 6.45) is 3.33. The highest BCUT2D eigenvalue weighted by atomic mass is 16.5. The summed E-state index contributed by atoms with van der Waals surface area (Å²) >= 11 is 0. The summed E-state index contributed by atoms with van der Waals surface area (Å²) in [6.45, 7) is 2.58. The minimum absolute atomic E-state index is 0.116. The first kappa shape index (κ1) is 18.4. The molecular weight excluding hydrogens is 370 g/mol. The number of benzene rings is 2. The summed E-state index contributed by atoms with van der Waals surface area (Å²) in [5.41, 5.74) is 3.15. The van der Waals surface area contributed by atoms with Crippen molar-refractivity contribution in [3.63, 3.8) is 0 Å². The fourth-order valence-corrected chi connectivity index (χ4v) is 2.82. The van der Waals surface area contributed by atoms with Crippen LogP contribution in [0.2, 0.25) is 0 Å². The molecule has 0 unspecified atom stereocenters. The van der Waals surface area contributed by atoms with Crippen LogP contribution in [0.1, 0.15) is 11.1 Å². The molecule has 9 nitrogen and oxygen atoms in total. The van der Waals surface area contributed by atoms with Crippen LogP contribution < -0.4 is 10.1 Å². The van der Waals surface area contributed by atoms with Crippen molar-refractivity contribution in [2.24, 2.45) is 0 Å². The molecule has 0 saturated heterocycles. The molecule has 4 aromatic rings. The Balaban J connectivity index is 1.28. The van der Waals surface area contributed by atoms with E-state index in [-0.39, 0.29) is 12.5 Å². The molecule has 2 heterocycles. The fraction of sp³-hybridized carbons (Fsp3) is 0.150. The normalized spacial score (nSPS) is 10.7. The highest BCUT2D eigenvalue weighted by Crippen LogP contribution is 2.14. The maximum Gasteiger partial charge on any atom is 0.263 e. The highest BCUT2D eigenvalue weighted by molar-refractivity contribution is 5.90. The third-order valence-electron chi connectivity index (χ3n) is 4.16. The first-order valence-corrected chi connectivity index (χ1v) is 9.01. The summed E-state index contributed by atoms with van der Waals surface area (Å²) in [5, 5.41) is 18.1. The van der Waals surface area contributed by atoms with E-state index in [1.165, 1.54) is 16.6 Å². The zero-order chi connectivity index (χ0) is 20.1. The van der Waals surface area contributed by atoms with Gasteiger partial charge in [-0.3, -0.25) is 9.48 Å². The molecule has 0 radical (unpaired) electrons. The number of aromatic nitrogens is 6. The van der Waals surface area contributed by atoms with Gasteiger partial charge in [-0.15, -0.1) is 5.10 Å². The summed E-state index contributed by atoms with van der Waals surface area (Å²) in [6, 6.07) is 17.1. The van der Waals surface area contributed by atoms with Gasteiger partial charge in [0, 0.05) is 12.3 Å². The molecule has 0 aliphatic carbocycles. The molecule has 146 valence electrons. The third-order valence-corrected chi connectivity index (χ3v) is 4.16. The first-order valence-electron chi connectivity index (χ1n) is 9.01. The van der Waals surface area contributed by atoms with Gasteiger partial charge in [0.1, 0.15) is 12.1 Å². The number of rotatable bonds is 7. The Bertz CT molecular complexity index is 1090. The van der Waals surface area contributed by atoms with Gasteiger partial charge in [-0.25, -0.2) is 4.68 Å². The predicted molar refractivity (Wildman–Crippen MR) is 106 cm³/mol. The molecule has 9 heteroatoms. The minimum Gasteiger partial charge on any atom is -0.484 e. The van der Waals surface area contributed by atoms with E-state index in [1.54, 1.807) is 35.0 Å². The minimum atomic E-state index is -0.282. The lowest BCUT2D eigenvalue weighted by Crippen LogP contribution is -2.20. The number of tetrazole rings is 1. The lowest BCUT2D eigenvalue weighted by molar-refractivity contribution is -0.118. The van der Waals surface area contributed by atoms with Gasteiger partial charge in [0.2, 0.25) is 0 Å². The van der Waals surface area contributed by atoms with Crippen molar-refractivity contribution in [3.05, 3.63) is 78.2 Å². The van der Waals surface area contributed by atoms with Crippen LogP contribution in [0.4, 0.5) is 5.82 Å². The number of hydrogen-bond donors (Lipinski definition) is 1. The van der Waals surface area contributed by atoms with Gasteiger partial charge >= 0.3 is 0 Å². The van der Waals surface area contributed by atoms with Crippen molar-refractivity contribution in [1.29, 1.82) is 0 Å². The molecular formula is C20H19N7O2. The van der Waals surface area contributed by atoms with Crippen LogP contribution in [0.15, 0.2) is 67.1 Å². The van der Waals surface area contributed by atoms with E-state index < -0.39 is 0 Å². The zero-order valence-electron chi connectivity index (χ0n) is 15.8. The van der Waals surface area contributed by atoms with Crippen molar-refractivity contribution in [2.75, 3.05) is 11.9 Å². The Morgan fingerprint density at radius 2 is 2.00 bits per heavy atom. The van der Waals surface area contributed by atoms with E-state index in [0.29, 0.717) is 18.1 Å². The molecule has 0 saturated carbocycles. The Morgan fingerprint density at radius 1 is 1.14 bits per heavy atom. The molecule has 4 rings (SSSR count). The van der Waals surface area contributed by atoms with Crippen LogP contribution >= 0.6 is 0 Å². The maximum absolute atomic E-state index is 12.1. The Kier molecular flexibility index (Phi) is 5.28. The zero-order valence-corrected chi connectivity index (χ0v) is 15.8. The van der Waals surface area contributed by atoms with E-state index in [4.69, 9.17) is 4.74 Å². The highest BCUT2D eigenvalue weighted by Gasteiger charge is 2.07. The largest absolute Gasteiger partial charge is 0.484 e. The molecule has 1 N–H and O–H groups in total. The predicted octanol–water partition coefficient (Wildman–Crippen LogP) is 2.23. The number of amides is 1. The van der Waals surface area contributed by atoms with Gasteiger partial charge in [0.05, 0.1) is 12.2 Å². The number of nitrogens with one attached hydrogen (secondary N) is 1. The second kappa shape index (κ2) is 8.34. The molecule has 2 aromatic heterocycles. The number of carbonyl (C=O) groups is 1. The summed E-state index contributed by atoms with van der Waals surface area (Å²) in [5.74, 6) is 0.776. The van der Waals surface area contributed by atoms with E-state index >= 15 is 0 Å². The van der Waals surface area contributed by atoms with Crippen LogP contribution in [0.3, 0.4) is 0 Å². The fourth-order valence-electron chi connectivity index (χ4n) is 2.82. The topological polar surface area (TPSA) is 99.8 Å². The Hall–Kier alpha value is -4.01. The number of aryl methyl sites for hydroxylation is 1. The van der Waals surface area contributed by atoms with Crippen molar-refractivity contribution in [1.82, 2.24) is 30.0 Å². The molecule has 0 bridgehead atoms. The van der Waals surface area contributed by atoms with Gasteiger partial charge < -0.3 is 10.1 Å². The van der Waals surface area contributed by atoms with Crippen molar-refractivity contribution < 1.29 is 9.53 Å². The average molecular weight is 389 g/mol. The van der Waals surface area contributed by atoms with E-state index in [1.807, 2.05) is 18.3 Å². The monoisotopic (exact) mass is 389 g/mol. The lowest BCUT2D eigenvalue weighted by Gasteiger charge is -2.07. The molecule has 0 aliphatic rings. The standard InChI is InChI=1S/C20H19N7O2/c1-15-3-2-4-16(11-15)12-26-10-9-19(23-26)22-20(28)13-29-18-7-5-17(6-8-18)27-14-21-24-25-27/h2-11,14H,12-13H2,1H3,(H,22,23,28). The van der Waals surface area contributed by atoms with Crippen LogP contribution in [-0.2, 0) is 11.3 Å².